The van der Waals surface area contributed by atoms with Crippen molar-refractivity contribution in [2.75, 3.05) is 13.2 Å². The van der Waals surface area contributed by atoms with Crippen LogP contribution in [0.2, 0.25) is 0 Å². The molecule has 2 aliphatic rings. The van der Waals surface area contributed by atoms with Gasteiger partial charge in [0.1, 0.15) is 12.4 Å². The van der Waals surface area contributed by atoms with E-state index in [1.165, 1.54) is 33.4 Å². The lowest BCUT2D eigenvalue weighted by Gasteiger charge is -2.23. The topological polar surface area (TPSA) is 47.6 Å². The van der Waals surface area contributed by atoms with Crippen LogP contribution in [-0.4, -0.2) is 19.3 Å². The number of fused-ring (bicyclic) bond motifs is 5. The lowest BCUT2D eigenvalue weighted by atomic mass is 9.94. The van der Waals surface area contributed by atoms with Gasteiger partial charge in [-0.05, 0) is 84.4 Å². The van der Waals surface area contributed by atoms with Crippen molar-refractivity contribution in [1.29, 1.82) is 0 Å². The predicted octanol–water partition coefficient (Wildman–Crippen LogP) is 7.40. The van der Waals surface area contributed by atoms with E-state index in [2.05, 4.69) is 91.9 Å². The molecule has 6 heteroatoms. The van der Waals surface area contributed by atoms with E-state index >= 15 is 0 Å². The van der Waals surface area contributed by atoms with E-state index in [4.69, 9.17) is 9.47 Å². The quantitative estimate of drug-likeness (QED) is 0.269. The summed E-state index contributed by atoms with van der Waals surface area (Å²) in [4.78, 5) is 13.3. The molecule has 0 bridgehead atoms. The molecule has 0 saturated carbocycles. The summed E-state index contributed by atoms with van der Waals surface area (Å²) in [6, 6.07) is 31.0. The smallest absolute Gasteiger partial charge is 0.407 e. The van der Waals surface area contributed by atoms with Gasteiger partial charge in [0.25, 0.3) is 0 Å². The van der Waals surface area contributed by atoms with E-state index in [1.54, 1.807) is 0 Å². The molecule has 0 aromatic heterocycles. The molecule has 4 aromatic carbocycles. The minimum atomic E-state index is -0.411. The highest BCUT2D eigenvalue weighted by Crippen LogP contribution is 2.44. The van der Waals surface area contributed by atoms with Gasteiger partial charge in [-0.2, -0.15) is 0 Å². The van der Waals surface area contributed by atoms with Gasteiger partial charge < -0.3 is 14.8 Å². The van der Waals surface area contributed by atoms with Crippen molar-refractivity contribution < 1.29 is 14.3 Å². The van der Waals surface area contributed by atoms with Crippen molar-refractivity contribution >= 4 is 25.9 Å². The number of aryl methyl sites for hydroxylation is 2. The van der Waals surface area contributed by atoms with Gasteiger partial charge in [0.2, 0.25) is 0 Å². The molecule has 0 heterocycles. The minimum absolute atomic E-state index is 0.0291. The summed E-state index contributed by atoms with van der Waals surface area (Å²) in [6.45, 7) is 2.87. The maximum absolute atomic E-state index is 13.3. The van der Waals surface area contributed by atoms with Gasteiger partial charge in [-0.3, -0.25) is 0 Å². The molecule has 6 rings (SSSR count). The number of rotatable bonds is 5. The van der Waals surface area contributed by atoms with E-state index in [9.17, 15) is 4.79 Å². The molecule has 0 fully saturated rings. The first-order valence-electron chi connectivity index (χ1n) is 12.9. The Morgan fingerprint density at radius 2 is 1.39 bits per heavy atom. The molecular weight excluding hydrogens is 509 g/mol. The van der Waals surface area contributed by atoms with Gasteiger partial charge in [0.15, 0.2) is 0 Å². The van der Waals surface area contributed by atoms with E-state index in [1.807, 2.05) is 31.2 Å². The van der Waals surface area contributed by atoms with Gasteiger partial charge in [0.05, 0.1) is 12.6 Å². The largest absolute Gasteiger partial charge is 0.494 e. The Hall–Kier alpha value is -3.53. The van der Waals surface area contributed by atoms with Crippen LogP contribution in [0.25, 0.3) is 11.1 Å². The van der Waals surface area contributed by atoms with Crippen LogP contribution in [-0.2, 0) is 29.4 Å². The summed E-state index contributed by atoms with van der Waals surface area (Å²) in [6.07, 6.45) is 1.44. The lowest BCUT2D eigenvalue weighted by Crippen LogP contribution is -2.31. The molecule has 4 aromatic rings. The van der Waals surface area contributed by atoms with Crippen LogP contribution in [0.15, 0.2) is 91.0 Å². The Kier molecular flexibility index (Phi) is 8.17. The summed E-state index contributed by atoms with van der Waals surface area (Å²) in [7, 11) is 2.56. The number of carbonyl (C=O) groups is 1. The zero-order valence-corrected chi connectivity index (χ0v) is 23.1. The third kappa shape index (κ3) is 5.09. The number of carbonyl (C=O) groups excluding carboxylic acids is 1. The van der Waals surface area contributed by atoms with Crippen LogP contribution < -0.4 is 10.1 Å². The Morgan fingerprint density at radius 3 is 2.05 bits per heavy atom. The molecule has 0 spiro atoms. The fourth-order valence-electron chi connectivity index (χ4n) is 5.72. The van der Waals surface area contributed by atoms with E-state index < -0.39 is 6.09 Å². The molecule has 0 saturated heterocycles. The van der Waals surface area contributed by atoms with Crippen LogP contribution in [0.3, 0.4) is 0 Å². The lowest BCUT2D eigenvalue weighted by molar-refractivity contribution is 0.140. The summed E-state index contributed by atoms with van der Waals surface area (Å²) >= 11 is 3.89. The Bertz CT molecular complexity index is 1410. The Morgan fingerprint density at radius 1 is 0.816 bits per heavy atom. The van der Waals surface area contributed by atoms with Crippen LogP contribution >= 0.6 is 8.02 Å². The predicted molar refractivity (Wildman–Crippen MR) is 157 cm³/mol. The minimum Gasteiger partial charge on any atom is -0.494 e. The highest BCUT2D eigenvalue weighted by atomic mass is 32.4. The molecule has 1 N–H and O–H groups in total. The molecule has 0 radical (unpaired) electrons. The first-order valence-corrected chi connectivity index (χ1v) is 14.5. The molecule has 1 amide bonds. The van der Waals surface area contributed by atoms with Crippen LogP contribution in [0.4, 0.5) is 4.79 Å². The summed E-state index contributed by atoms with van der Waals surface area (Å²) < 4.78 is 11.7. The molecule has 0 aliphatic heterocycles. The van der Waals surface area contributed by atoms with Gasteiger partial charge in [-0.25, -0.2) is 4.79 Å². The fraction of sp³-hybridized carbons (Fsp3) is 0.219. The fourth-order valence-corrected chi connectivity index (χ4v) is 5.72. The first kappa shape index (κ1) is 26.1. The van der Waals surface area contributed by atoms with Crippen molar-refractivity contribution in [2.45, 2.75) is 31.7 Å². The second kappa shape index (κ2) is 11.9. The first-order chi connectivity index (χ1) is 18.7. The van der Waals surface area contributed by atoms with Gasteiger partial charge in [-0.15, -0.1) is 0 Å². The van der Waals surface area contributed by atoms with Crippen molar-refractivity contribution in [1.82, 2.24) is 5.32 Å². The molecule has 2 aliphatic carbocycles. The monoisotopic (exact) mass is 539 g/mol. The number of hydrogen-bond acceptors (Lipinski definition) is 4. The highest BCUT2D eigenvalue weighted by molar-refractivity contribution is 7.88. The number of ether oxygens (including phenoxy) is 2. The van der Waals surface area contributed by atoms with E-state index in [-0.39, 0.29) is 12.0 Å². The SMILES string of the molecule is CCOc1ccc2c(c1)C(NC(=O)OCC1c3ccccc3-c3ccccc31)c1ccccc1CC2.P=S. The third-order valence-corrected chi connectivity index (χ3v) is 7.37. The molecular formula is C32H30NO3PS. The second-order valence-electron chi connectivity index (χ2n) is 9.40. The molecule has 1 unspecified atom stereocenters. The summed E-state index contributed by atoms with van der Waals surface area (Å²) in [5.41, 5.74) is 9.50. The zero-order valence-electron chi connectivity index (χ0n) is 21.3. The van der Waals surface area contributed by atoms with Gasteiger partial charge >= 0.3 is 6.09 Å². The van der Waals surface area contributed by atoms with Crippen LogP contribution in [0.1, 0.15) is 52.3 Å². The Balaban J connectivity index is 0.00000144. The van der Waals surface area contributed by atoms with Crippen LogP contribution in [0, 0.1) is 0 Å². The molecule has 192 valence electrons. The number of benzene rings is 4. The van der Waals surface area contributed by atoms with Crippen molar-refractivity contribution in [3.05, 3.63) is 124 Å². The zero-order chi connectivity index (χ0) is 26.5. The average Bonchev–Trinajstić information content (AvgIpc) is 3.20. The third-order valence-electron chi connectivity index (χ3n) is 7.37. The molecule has 1 atom stereocenters. The Labute approximate surface area is 231 Å². The van der Waals surface area contributed by atoms with E-state index in [0.29, 0.717) is 13.2 Å². The van der Waals surface area contributed by atoms with Gasteiger partial charge in [0, 0.05) is 5.92 Å². The van der Waals surface area contributed by atoms with Crippen molar-refractivity contribution in [3.63, 3.8) is 0 Å². The maximum Gasteiger partial charge on any atom is 0.407 e. The highest BCUT2D eigenvalue weighted by Gasteiger charge is 2.30. The van der Waals surface area contributed by atoms with Crippen molar-refractivity contribution in [2.24, 2.45) is 0 Å². The number of hydrogen-bond donors (Lipinski definition) is 1. The van der Waals surface area contributed by atoms with Crippen LogP contribution in [0.5, 0.6) is 5.75 Å². The number of amides is 1. The molecule has 4 nitrogen and oxygen atoms in total. The normalized spacial score (nSPS) is 14.9. The summed E-state index contributed by atoms with van der Waals surface area (Å²) in [5.74, 6) is 0.844. The maximum atomic E-state index is 13.3. The second-order valence-corrected chi connectivity index (χ2v) is 9.40. The standard InChI is InChI=1S/C32H29NO3.HPS/c1-2-35-23-18-17-22-16-15-21-9-3-4-10-24(21)31(29(22)19-23)33-32(34)36-20-30-27-13-7-5-11-25(27)26-12-6-8-14-28(26)30;1-2/h3-14,17-19,30-31H,2,15-16,20H2,1H3,(H,33,34);1H. The molecule has 38 heavy (non-hydrogen) atoms. The number of nitrogens with one attached hydrogen (secondary N) is 1. The van der Waals surface area contributed by atoms with Crippen molar-refractivity contribution in [3.8, 4) is 16.9 Å². The summed E-state index contributed by atoms with van der Waals surface area (Å²) in [5, 5.41) is 3.20. The van der Waals surface area contributed by atoms with E-state index in [0.717, 1.165) is 29.7 Å². The van der Waals surface area contributed by atoms with Gasteiger partial charge in [-0.1, -0.05) is 90.7 Å². The average molecular weight is 540 g/mol. The number of alkyl carbamates (subject to hydrolysis) is 1.